The molecule has 0 aromatic carbocycles. The Bertz CT molecular complexity index is 802. The monoisotopic (exact) mass is 594 g/mol. The molecule has 3 rings (SSSR count). The van der Waals surface area contributed by atoms with Crippen LogP contribution in [0.5, 0.6) is 0 Å². The maximum absolute atomic E-state index is 12.7. The van der Waals surface area contributed by atoms with Crippen LogP contribution in [0, 0.1) is 5.92 Å². The van der Waals surface area contributed by atoms with Gasteiger partial charge in [-0.2, -0.15) is 0 Å². The van der Waals surface area contributed by atoms with Crippen LogP contribution in [-0.2, 0) is 19.0 Å². The van der Waals surface area contributed by atoms with E-state index in [1.54, 1.807) is 0 Å². The third-order valence-corrected chi connectivity index (χ3v) is 8.30. The van der Waals surface area contributed by atoms with Gasteiger partial charge in [0.2, 0.25) is 5.91 Å². The second-order valence-electron chi connectivity index (χ2n) is 11.3. The summed E-state index contributed by atoms with van der Waals surface area (Å²) in [5.41, 5.74) is 24.4. The SMILES string of the molecule is NCCC(O)C(=O)NC1CC(N)C(C2OC(CNCCCO)CCC2N)C(O)C1OC1OC(CO)C(O)C(N)C1O. The highest BCUT2D eigenvalue weighted by atomic mass is 16.7. The van der Waals surface area contributed by atoms with Crippen molar-refractivity contribution >= 4 is 5.91 Å². The van der Waals surface area contributed by atoms with Crippen LogP contribution in [0.1, 0.15) is 32.1 Å². The molecule has 14 atom stereocenters. The quantitative estimate of drug-likeness (QED) is 0.0883. The highest BCUT2D eigenvalue weighted by Gasteiger charge is 2.53. The summed E-state index contributed by atoms with van der Waals surface area (Å²) < 4.78 is 17.9. The first kappa shape index (κ1) is 34.4. The Labute approximate surface area is 239 Å². The van der Waals surface area contributed by atoms with Crippen LogP contribution in [0.2, 0.25) is 0 Å². The van der Waals surface area contributed by atoms with E-state index in [0.29, 0.717) is 32.4 Å². The molecule has 0 spiro atoms. The summed E-state index contributed by atoms with van der Waals surface area (Å²) in [6, 6.07) is -3.31. The summed E-state index contributed by atoms with van der Waals surface area (Å²) in [6.45, 7) is 0.665. The summed E-state index contributed by atoms with van der Waals surface area (Å²) in [5, 5.41) is 67.3. The van der Waals surface area contributed by atoms with Crippen LogP contribution in [0.15, 0.2) is 0 Å². The van der Waals surface area contributed by atoms with E-state index in [9.17, 15) is 30.3 Å². The standard InChI is InChI=1S/C25H50N6O10/c26-5-4-15(34)24(38)31-14-8-13(28)17(22-12(27)3-2-11(39-22)9-30-6-1-7-32)20(36)23(14)41-25-21(37)18(29)19(35)16(10-33)40-25/h11-23,25,30,32-37H,1-10,26-29H2,(H,31,38). The lowest BCUT2D eigenvalue weighted by molar-refractivity contribution is -0.306. The predicted octanol–water partition coefficient (Wildman–Crippen LogP) is -6.11. The average molecular weight is 595 g/mol. The topological polar surface area (TPSA) is 294 Å². The molecule has 2 saturated heterocycles. The van der Waals surface area contributed by atoms with Gasteiger partial charge >= 0.3 is 0 Å². The number of nitrogens with one attached hydrogen (secondary N) is 2. The zero-order chi connectivity index (χ0) is 30.3. The molecular weight excluding hydrogens is 544 g/mol. The molecule has 0 aromatic rings. The highest BCUT2D eigenvalue weighted by molar-refractivity contribution is 5.80. The molecule has 14 unspecified atom stereocenters. The predicted molar refractivity (Wildman–Crippen MR) is 145 cm³/mol. The largest absolute Gasteiger partial charge is 0.396 e. The Morgan fingerprint density at radius 3 is 2.41 bits per heavy atom. The van der Waals surface area contributed by atoms with Crippen molar-refractivity contribution in [1.82, 2.24) is 10.6 Å². The van der Waals surface area contributed by atoms with Gasteiger partial charge in [0.25, 0.3) is 0 Å². The van der Waals surface area contributed by atoms with Crippen molar-refractivity contribution in [2.75, 3.05) is 32.8 Å². The van der Waals surface area contributed by atoms with Crippen LogP contribution >= 0.6 is 0 Å². The Balaban J connectivity index is 1.83. The summed E-state index contributed by atoms with van der Waals surface area (Å²) in [6.07, 6.45) is -8.43. The van der Waals surface area contributed by atoms with Crippen molar-refractivity contribution in [3.8, 4) is 0 Å². The number of aliphatic hydroxyl groups is 6. The Morgan fingerprint density at radius 2 is 1.76 bits per heavy atom. The summed E-state index contributed by atoms with van der Waals surface area (Å²) in [4.78, 5) is 12.7. The summed E-state index contributed by atoms with van der Waals surface area (Å²) in [7, 11) is 0. The molecule has 3 aliphatic rings. The number of rotatable bonds is 13. The number of carbonyl (C=O) groups excluding carboxylic acids is 1. The first-order valence-electron chi connectivity index (χ1n) is 14.4. The van der Waals surface area contributed by atoms with Crippen molar-refractivity contribution in [2.45, 2.75) is 111 Å². The number of hydrogen-bond acceptors (Lipinski definition) is 15. The normalized spacial score (nSPS) is 42.5. The third-order valence-electron chi connectivity index (χ3n) is 8.30. The van der Waals surface area contributed by atoms with Gasteiger partial charge in [-0.05, 0) is 45.2 Å². The van der Waals surface area contributed by atoms with Gasteiger partial charge < -0.3 is 78.4 Å². The molecule has 0 aromatic heterocycles. The molecule has 0 radical (unpaired) electrons. The number of hydrogen-bond donors (Lipinski definition) is 12. The van der Waals surface area contributed by atoms with Crippen LogP contribution in [0.4, 0.5) is 0 Å². The van der Waals surface area contributed by atoms with Gasteiger partial charge in [-0.1, -0.05) is 0 Å². The van der Waals surface area contributed by atoms with E-state index in [-0.39, 0.29) is 32.1 Å². The van der Waals surface area contributed by atoms with E-state index >= 15 is 0 Å². The van der Waals surface area contributed by atoms with Crippen molar-refractivity contribution < 1.29 is 49.6 Å². The number of amides is 1. The Morgan fingerprint density at radius 1 is 1.02 bits per heavy atom. The minimum atomic E-state index is -1.53. The molecule has 0 bridgehead atoms. The highest BCUT2D eigenvalue weighted by Crippen LogP contribution is 2.36. The number of aliphatic hydroxyl groups excluding tert-OH is 6. The maximum atomic E-state index is 12.7. The molecule has 2 aliphatic heterocycles. The van der Waals surface area contributed by atoms with Crippen LogP contribution < -0.4 is 33.6 Å². The van der Waals surface area contributed by atoms with Gasteiger partial charge in [0.1, 0.15) is 30.5 Å². The third kappa shape index (κ3) is 8.51. The Hall–Kier alpha value is -1.09. The van der Waals surface area contributed by atoms with E-state index in [2.05, 4.69) is 10.6 Å². The minimum Gasteiger partial charge on any atom is -0.396 e. The molecule has 240 valence electrons. The number of nitrogens with two attached hydrogens (primary N) is 4. The van der Waals surface area contributed by atoms with Crippen molar-refractivity contribution in [3.05, 3.63) is 0 Å². The van der Waals surface area contributed by atoms with E-state index in [1.165, 1.54) is 0 Å². The van der Waals surface area contributed by atoms with E-state index in [0.717, 1.165) is 0 Å². The fourth-order valence-electron chi connectivity index (χ4n) is 5.93. The van der Waals surface area contributed by atoms with Gasteiger partial charge in [0.15, 0.2) is 6.29 Å². The van der Waals surface area contributed by atoms with Crippen molar-refractivity contribution in [2.24, 2.45) is 28.9 Å². The smallest absolute Gasteiger partial charge is 0.249 e. The maximum Gasteiger partial charge on any atom is 0.249 e. The zero-order valence-corrected chi connectivity index (χ0v) is 23.3. The molecule has 16 N–H and O–H groups in total. The molecule has 2 heterocycles. The van der Waals surface area contributed by atoms with Crippen LogP contribution in [0.3, 0.4) is 0 Å². The number of ether oxygens (including phenoxy) is 3. The first-order chi connectivity index (χ1) is 19.5. The lowest BCUT2D eigenvalue weighted by Crippen LogP contribution is -2.69. The second kappa shape index (κ2) is 16.1. The molecule has 1 saturated carbocycles. The number of carbonyl (C=O) groups is 1. The van der Waals surface area contributed by atoms with Crippen LogP contribution in [0.25, 0.3) is 0 Å². The molecular formula is C25H50N6O10. The summed E-state index contributed by atoms with van der Waals surface area (Å²) >= 11 is 0. The van der Waals surface area contributed by atoms with Crippen LogP contribution in [-0.4, -0.2) is 149 Å². The average Bonchev–Trinajstić information content (AvgIpc) is 2.94. The fourth-order valence-corrected chi connectivity index (χ4v) is 5.93. The zero-order valence-electron chi connectivity index (χ0n) is 23.3. The molecule has 16 heteroatoms. The fraction of sp³-hybridized carbons (Fsp3) is 0.960. The lowest BCUT2D eigenvalue weighted by atomic mass is 9.72. The second-order valence-corrected chi connectivity index (χ2v) is 11.3. The minimum absolute atomic E-state index is 0.00910. The first-order valence-corrected chi connectivity index (χ1v) is 14.4. The molecule has 1 amide bonds. The van der Waals surface area contributed by atoms with Crippen molar-refractivity contribution in [1.29, 1.82) is 0 Å². The molecule has 1 aliphatic carbocycles. The van der Waals surface area contributed by atoms with Gasteiger partial charge in [-0.15, -0.1) is 0 Å². The molecule has 16 nitrogen and oxygen atoms in total. The van der Waals surface area contributed by atoms with E-state index < -0.39 is 91.6 Å². The van der Waals surface area contributed by atoms with Crippen molar-refractivity contribution in [3.63, 3.8) is 0 Å². The van der Waals surface area contributed by atoms with Gasteiger partial charge in [0, 0.05) is 31.2 Å². The van der Waals surface area contributed by atoms with Gasteiger partial charge in [0.05, 0.1) is 37.0 Å². The van der Waals surface area contributed by atoms with E-state index in [4.69, 9.17) is 42.3 Å². The van der Waals surface area contributed by atoms with E-state index in [1.807, 2.05) is 0 Å². The summed E-state index contributed by atoms with van der Waals surface area (Å²) in [5.74, 6) is -1.48. The molecule has 3 fully saturated rings. The van der Waals surface area contributed by atoms with Gasteiger partial charge in [-0.25, -0.2) is 0 Å². The van der Waals surface area contributed by atoms with Gasteiger partial charge in [-0.3, -0.25) is 4.79 Å². The molecule has 41 heavy (non-hydrogen) atoms. The lowest BCUT2D eigenvalue weighted by Gasteiger charge is -2.51. The Kier molecular flexibility index (Phi) is 13.5.